The summed E-state index contributed by atoms with van der Waals surface area (Å²) in [5.41, 5.74) is 0. The van der Waals surface area contributed by atoms with E-state index in [1.165, 1.54) is 4.90 Å². The first-order valence-electron chi connectivity index (χ1n) is 6.73. The Morgan fingerprint density at radius 2 is 1.95 bits per heavy atom. The Labute approximate surface area is 135 Å². The number of sulfonamides is 1. The lowest BCUT2D eigenvalue weighted by Gasteiger charge is -2.23. The van der Waals surface area contributed by atoms with Gasteiger partial charge in [-0.3, -0.25) is 4.79 Å². The topological polar surface area (TPSA) is 66.5 Å². The standard InChI is InChI=1S/C14H20ClFN2O3S/c1-9(2)7-12(14(19)18(3)4)17-22(20,21)13-6-5-10(16)8-11(13)15/h5-6,8-9,12,17H,7H2,1-4H3. The Hall–Kier alpha value is -1.18. The molecular weight excluding hydrogens is 331 g/mol. The number of nitrogens with zero attached hydrogens (tertiary/aromatic N) is 1. The van der Waals surface area contributed by atoms with Gasteiger partial charge in [0.2, 0.25) is 15.9 Å². The van der Waals surface area contributed by atoms with E-state index in [0.717, 1.165) is 18.2 Å². The zero-order chi connectivity index (χ0) is 17.1. The molecule has 1 aromatic carbocycles. The third-order valence-corrected chi connectivity index (χ3v) is 4.88. The summed E-state index contributed by atoms with van der Waals surface area (Å²) in [6, 6.07) is 2.10. The van der Waals surface area contributed by atoms with E-state index < -0.39 is 21.9 Å². The molecule has 0 heterocycles. The number of likely N-dealkylation sites (N-methyl/N-ethyl adjacent to an activating group) is 1. The van der Waals surface area contributed by atoms with Crippen LogP contribution in [-0.2, 0) is 14.8 Å². The van der Waals surface area contributed by atoms with E-state index in [0.29, 0.717) is 6.42 Å². The average molecular weight is 351 g/mol. The van der Waals surface area contributed by atoms with Crippen molar-refractivity contribution in [1.82, 2.24) is 9.62 Å². The predicted molar refractivity (Wildman–Crippen MR) is 83.7 cm³/mol. The Bertz CT molecular complexity index is 647. The van der Waals surface area contributed by atoms with Gasteiger partial charge in [0, 0.05) is 14.1 Å². The summed E-state index contributed by atoms with van der Waals surface area (Å²) in [6.07, 6.45) is 0.342. The lowest BCUT2D eigenvalue weighted by atomic mass is 10.0. The van der Waals surface area contributed by atoms with E-state index in [1.807, 2.05) is 13.8 Å². The molecule has 0 fully saturated rings. The lowest BCUT2D eigenvalue weighted by Crippen LogP contribution is -2.46. The van der Waals surface area contributed by atoms with Crippen molar-refractivity contribution in [3.05, 3.63) is 29.0 Å². The zero-order valence-electron chi connectivity index (χ0n) is 12.9. The van der Waals surface area contributed by atoms with E-state index >= 15 is 0 Å². The van der Waals surface area contributed by atoms with Gasteiger partial charge in [-0.25, -0.2) is 12.8 Å². The van der Waals surface area contributed by atoms with Gasteiger partial charge >= 0.3 is 0 Å². The summed E-state index contributed by atoms with van der Waals surface area (Å²) in [5, 5.41) is -0.229. The zero-order valence-corrected chi connectivity index (χ0v) is 14.5. The van der Waals surface area contributed by atoms with Crippen molar-refractivity contribution < 1.29 is 17.6 Å². The van der Waals surface area contributed by atoms with Crippen LogP contribution in [0.3, 0.4) is 0 Å². The fourth-order valence-electron chi connectivity index (χ4n) is 1.93. The van der Waals surface area contributed by atoms with Crippen molar-refractivity contribution in [3.63, 3.8) is 0 Å². The quantitative estimate of drug-likeness (QED) is 0.855. The van der Waals surface area contributed by atoms with E-state index in [2.05, 4.69) is 4.72 Å². The highest BCUT2D eigenvalue weighted by molar-refractivity contribution is 7.89. The number of nitrogens with one attached hydrogen (secondary N) is 1. The predicted octanol–water partition coefficient (Wildman–Crippen LogP) is 2.26. The summed E-state index contributed by atoms with van der Waals surface area (Å²) < 4.78 is 40.2. The molecule has 1 aromatic rings. The van der Waals surface area contributed by atoms with Crippen molar-refractivity contribution in [1.29, 1.82) is 0 Å². The molecule has 22 heavy (non-hydrogen) atoms. The SMILES string of the molecule is CC(C)CC(NS(=O)(=O)c1ccc(F)cc1Cl)C(=O)N(C)C. The fraction of sp³-hybridized carbons (Fsp3) is 0.500. The number of amides is 1. The molecule has 1 unspecified atom stereocenters. The van der Waals surface area contributed by atoms with Crippen LogP contribution in [0.4, 0.5) is 4.39 Å². The molecule has 0 radical (unpaired) electrons. The second-order valence-electron chi connectivity index (χ2n) is 5.61. The summed E-state index contributed by atoms with van der Waals surface area (Å²) in [6.45, 7) is 3.77. The van der Waals surface area contributed by atoms with Gasteiger partial charge in [-0.1, -0.05) is 25.4 Å². The van der Waals surface area contributed by atoms with Crippen LogP contribution in [0.1, 0.15) is 20.3 Å². The number of hydrogen-bond donors (Lipinski definition) is 1. The van der Waals surface area contributed by atoms with Crippen LogP contribution in [0, 0.1) is 11.7 Å². The first-order chi connectivity index (χ1) is 10.0. The first-order valence-corrected chi connectivity index (χ1v) is 8.59. The van der Waals surface area contributed by atoms with E-state index in [-0.39, 0.29) is 21.7 Å². The number of benzene rings is 1. The van der Waals surface area contributed by atoms with Gasteiger partial charge < -0.3 is 4.90 Å². The van der Waals surface area contributed by atoms with Gasteiger partial charge in [-0.15, -0.1) is 0 Å². The molecule has 8 heteroatoms. The summed E-state index contributed by atoms with van der Waals surface area (Å²) >= 11 is 5.79. The molecule has 0 aliphatic rings. The molecule has 0 aliphatic heterocycles. The van der Waals surface area contributed by atoms with Crippen LogP contribution in [0.25, 0.3) is 0 Å². The number of hydrogen-bond acceptors (Lipinski definition) is 3. The highest BCUT2D eigenvalue weighted by Gasteiger charge is 2.28. The monoisotopic (exact) mass is 350 g/mol. The maximum atomic E-state index is 13.0. The first kappa shape index (κ1) is 18.9. The maximum absolute atomic E-state index is 13.0. The van der Waals surface area contributed by atoms with Gasteiger partial charge in [-0.2, -0.15) is 4.72 Å². The average Bonchev–Trinajstić information content (AvgIpc) is 2.35. The number of carbonyl (C=O) groups excluding carboxylic acids is 1. The Kier molecular flexibility index (Phi) is 6.34. The molecule has 0 spiro atoms. The van der Waals surface area contributed by atoms with E-state index in [9.17, 15) is 17.6 Å². The second-order valence-corrected chi connectivity index (χ2v) is 7.70. The van der Waals surface area contributed by atoms with Crippen LogP contribution < -0.4 is 4.72 Å². The van der Waals surface area contributed by atoms with E-state index in [1.54, 1.807) is 14.1 Å². The molecule has 1 N–H and O–H groups in total. The normalized spacial score (nSPS) is 13.2. The van der Waals surface area contributed by atoms with Gasteiger partial charge in [0.1, 0.15) is 16.8 Å². The van der Waals surface area contributed by atoms with Crippen LogP contribution in [0.2, 0.25) is 5.02 Å². The molecular formula is C14H20ClFN2O3S. The minimum absolute atomic E-state index is 0.111. The molecule has 0 aromatic heterocycles. The Morgan fingerprint density at radius 3 is 2.41 bits per heavy atom. The van der Waals surface area contributed by atoms with Crippen molar-refractivity contribution in [3.8, 4) is 0 Å². The number of halogens is 2. The van der Waals surface area contributed by atoms with Crippen molar-refractivity contribution in [2.45, 2.75) is 31.2 Å². The second kappa shape index (κ2) is 7.39. The lowest BCUT2D eigenvalue weighted by molar-refractivity contribution is -0.130. The van der Waals surface area contributed by atoms with Crippen LogP contribution >= 0.6 is 11.6 Å². The summed E-state index contributed by atoms with van der Waals surface area (Å²) in [7, 11) is -0.926. The minimum Gasteiger partial charge on any atom is -0.347 e. The molecule has 0 saturated carbocycles. The maximum Gasteiger partial charge on any atom is 0.242 e. The number of rotatable bonds is 6. The fourth-order valence-corrected chi connectivity index (χ4v) is 3.66. The molecule has 1 amide bonds. The largest absolute Gasteiger partial charge is 0.347 e. The highest BCUT2D eigenvalue weighted by Crippen LogP contribution is 2.23. The molecule has 0 bridgehead atoms. The Morgan fingerprint density at radius 1 is 1.36 bits per heavy atom. The third kappa shape index (κ3) is 4.93. The third-order valence-electron chi connectivity index (χ3n) is 2.93. The summed E-state index contributed by atoms with van der Waals surface area (Å²) in [4.78, 5) is 13.2. The molecule has 5 nitrogen and oxygen atoms in total. The van der Waals surface area contributed by atoms with Gasteiger partial charge in [0.15, 0.2) is 0 Å². The van der Waals surface area contributed by atoms with Crippen LogP contribution in [-0.4, -0.2) is 39.4 Å². The van der Waals surface area contributed by atoms with Gasteiger partial charge in [-0.05, 0) is 30.5 Å². The number of carbonyl (C=O) groups is 1. The smallest absolute Gasteiger partial charge is 0.242 e. The molecule has 0 aliphatic carbocycles. The summed E-state index contributed by atoms with van der Waals surface area (Å²) in [5.74, 6) is -0.872. The minimum atomic E-state index is -4.03. The van der Waals surface area contributed by atoms with Gasteiger partial charge in [0.25, 0.3) is 0 Å². The highest BCUT2D eigenvalue weighted by atomic mass is 35.5. The van der Waals surface area contributed by atoms with Crippen LogP contribution in [0.15, 0.2) is 23.1 Å². The molecule has 1 atom stereocenters. The van der Waals surface area contributed by atoms with Gasteiger partial charge in [0.05, 0.1) is 5.02 Å². The van der Waals surface area contributed by atoms with Crippen molar-refractivity contribution in [2.24, 2.45) is 5.92 Å². The van der Waals surface area contributed by atoms with E-state index in [4.69, 9.17) is 11.6 Å². The molecule has 124 valence electrons. The van der Waals surface area contributed by atoms with Crippen molar-refractivity contribution in [2.75, 3.05) is 14.1 Å². The Balaban J connectivity index is 3.12. The van der Waals surface area contributed by atoms with Crippen molar-refractivity contribution >= 4 is 27.5 Å². The molecule has 0 saturated heterocycles. The van der Waals surface area contributed by atoms with Crippen LogP contribution in [0.5, 0.6) is 0 Å². The molecule has 1 rings (SSSR count).